The van der Waals surface area contributed by atoms with Gasteiger partial charge in [-0.2, -0.15) is 13.5 Å². The first-order valence-electron chi connectivity index (χ1n) is 3.03. The molecule has 12 heavy (non-hydrogen) atoms. The number of aromatic amines is 1. The molecule has 0 fully saturated rings. The van der Waals surface area contributed by atoms with Crippen LogP contribution < -0.4 is 5.56 Å². The quantitative estimate of drug-likeness (QED) is 0.779. The van der Waals surface area contributed by atoms with E-state index in [4.69, 9.17) is 0 Å². The Kier molecular flexibility index (Phi) is 2.98. The molecular weight excluding hydrogens is 258 g/mol. The lowest BCUT2D eigenvalue weighted by Gasteiger charge is -1.90. The molecule has 0 aliphatic heterocycles. The number of pyridine rings is 1. The van der Waals surface area contributed by atoms with Crippen molar-refractivity contribution in [3.63, 3.8) is 0 Å². The lowest BCUT2D eigenvalue weighted by atomic mass is 10.3. The molecule has 2 rings (SSSR count). The van der Waals surface area contributed by atoms with Gasteiger partial charge in [-0.15, -0.1) is 11.3 Å². The maximum absolute atomic E-state index is 11.1. The SMILES string of the molecule is O=c1[nH]cc(Br)c2sccc12.S. The molecule has 64 valence electrons. The van der Waals surface area contributed by atoms with E-state index in [1.54, 1.807) is 17.5 Å². The second kappa shape index (κ2) is 3.64. The highest BCUT2D eigenvalue weighted by Crippen LogP contribution is 2.24. The summed E-state index contributed by atoms with van der Waals surface area (Å²) in [6, 6.07) is 1.82. The van der Waals surface area contributed by atoms with Crippen LogP contribution in [0.25, 0.3) is 10.1 Å². The number of H-pyrrole nitrogens is 1. The largest absolute Gasteiger partial charge is 0.327 e. The van der Waals surface area contributed by atoms with E-state index in [0.717, 1.165) is 14.6 Å². The van der Waals surface area contributed by atoms with Crippen molar-refractivity contribution in [1.82, 2.24) is 4.98 Å². The third-order valence-electron chi connectivity index (χ3n) is 1.46. The molecule has 0 saturated carbocycles. The van der Waals surface area contributed by atoms with Crippen LogP contribution in [0.2, 0.25) is 0 Å². The normalized spacial score (nSPS) is 9.75. The molecule has 0 bridgehead atoms. The van der Waals surface area contributed by atoms with Gasteiger partial charge in [0.1, 0.15) is 0 Å². The number of thiophene rings is 1. The van der Waals surface area contributed by atoms with Gasteiger partial charge in [-0.3, -0.25) is 4.79 Å². The number of aromatic nitrogens is 1. The number of fused-ring (bicyclic) bond motifs is 1. The van der Waals surface area contributed by atoms with Crippen LogP contribution in [0.1, 0.15) is 0 Å². The van der Waals surface area contributed by atoms with E-state index in [1.165, 1.54) is 0 Å². The number of hydrogen-bond acceptors (Lipinski definition) is 2. The molecule has 0 saturated heterocycles. The van der Waals surface area contributed by atoms with Gasteiger partial charge in [-0.25, -0.2) is 0 Å². The topological polar surface area (TPSA) is 32.9 Å². The zero-order valence-electron chi connectivity index (χ0n) is 5.93. The van der Waals surface area contributed by atoms with Crippen molar-refractivity contribution in [3.8, 4) is 0 Å². The first-order chi connectivity index (χ1) is 5.29. The standard InChI is InChI=1S/C7H4BrNOS.H2S/c8-5-3-9-7(10)4-1-2-11-6(4)5;/h1-3H,(H,9,10);1H2. The molecule has 0 aromatic carbocycles. The molecule has 2 aromatic heterocycles. The van der Waals surface area contributed by atoms with Crippen LogP contribution in [-0.2, 0) is 0 Å². The summed E-state index contributed by atoms with van der Waals surface area (Å²) in [5.41, 5.74) is -0.0237. The smallest absolute Gasteiger partial charge is 0.256 e. The number of nitrogens with one attached hydrogen (secondary N) is 1. The molecule has 0 spiro atoms. The van der Waals surface area contributed by atoms with Crippen molar-refractivity contribution < 1.29 is 0 Å². The Morgan fingerprint density at radius 3 is 2.92 bits per heavy atom. The molecule has 0 radical (unpaired) electrons. The number of hydrogen-bond donors (Lipinski definition) is 1. The summed E-state index contributed by atoms with van der Waals surface area (Å²) in [4.78, 5) is 13.8. The molecule has 0 aliphatic rings. The number of halogens is 1. The van der Waals surface area contributed by atoms with Gasteiger partial charge in [-0.1, -0.05) is 0 Å². The third kappa shape index (κ3) is 1.44. The van der Waals surface area contributed by atoms with Crippen LogP contribution in [0.3, 0.4) is 0 Å². The minimum Gasteiger partial charge on any atom is -0.327 e. The van der Waals surface area contributed by atoms with Crippen LogP contribution in [0, 0.1) is 0 Å². The van der Waals surface area contributed by atoms with E-state index in [-0.39, 0.29) is 19.1 Å². The van der Waals surface area contributed by atoms with Gasteiger partial charge in [0.15, 0.2) is 0 Å². The lowest BCUT2D eigenvalue weighted by Crippen LogP contribution is -2.02. The van der Waals surface area contributed by atoms with Crippen LogP contribution in [0.15, 0.2) is 26.9 Å². The molecule has 2 nitrogen and oxygen atoms in total. The summed E-state index contributed by atoms with van der Waals surface area (Å²) >= 11 is 4.91. The summed E-state index contributed by atoms with van der Waals surface area (Å²) < 4.78 is 1.95. The highest BCUT2D eigenvalue weighted by atomic mass is 79.9. The predicted octanol–water partition coefficient (Wildman–Crippen LogP) is 2.46. The summed E-state index contributed by atoms with van der Waals surface area (Å²) in [6.07, 6.45) is 1.67. The van der Waals surface area contributed by atoms with Gasteiger partial charge >= 0.3 is 0 Å². The molecular formula is C7H6BrNOS2. The van der Waals surface area contributed by atoms with Gasteiger partial charge in [0.05, 0.1) is 14.6 Å². The van der Waals surface area contributed by atoms with Crippen LogP contribution in [-0.4, -0.2) is 4.98 Å². The molecule has 1 N–H and O–H groups in total. The first-order valence-corrected chi connectivity index (χ1v) is 4.70. The van der Waals surface area contributed by atoms with E-state index >= 15 is 0 Å². The van der Waals surface area contributed by atoms with E-state index in [9.17, 15) is 4.79 Å². The molecule has 0 amide bonds. The Morgan fingerprint density at radius 2 is 2.25 bits per heavy atom. The summed E-state index contributed by atoms with van der Waals surface area (Å²) in [6.45, 7) is 0. The van der Waals surface area contributed by atoms with E-state index in [2.05, 4.69) is 20.9 Å². The van der Waals surface area contributed by atoms with E-state index in [1.807, 2.05) is 11.4 Å². The summed E-state index contributed by atoms with van der Waals surface area (Å²) in [5.74, 6) is 0. The molecule has 2 heterocycles. The van der Waals surface area contributed by atoms with Crippen LogP contribution in [0.5, 0.6) is 0 Å². The average Bonchev–Trinajstić information content (AvgIpc) is 2.45. The summed E-state index contributed by atoms with van der Waals surface area (Å²) in [5, 5.41) is 2.66. The predicted molar refractivity (Wildman–Crippen MR) is 60.5 cm³/mol. The second-order valence-corrected chi connectivity index (χ2v) is 3.90. The fourth-order valence-electron chi connectivity index (χ4n) is 0.945. The minimum absolute atomic E-state index is 0. The second-order valence-electron chi connectivity index (χ2n) is 2.13. The van der Waals surface area contributed by atoms with Crippen molar-refractivity contribution in [2.75, 3.05) is 0 Å². The Labute approximate surface area is 88.2 Å². The van der Waals surface area contributed by atoms with Crippen molar-refractivity contribution >= 4 is 50.8 Å². The Hall–Kier alpha value is -0.260. The Balaban J connectivity index is 0.000000720. The minimum atomic E-state index is -0.0237. The Morgan fingerprint density at radius 1 is 1.50 bits per heavy atom. The van der Waals surface area contributed by atoms with Gasteiger partial charge in [0, 0.05) is 6.20 Å². The molecule has 2 aromatic rings. The molecule has 0 atom stereocenters. The van der Waals surface area contributed by atoms with Crippen molar-refractivity contribution in [3.05, 3.63) is 32.5 Å². The number of rotatable bonds is 0. The van der Waals surface area contributed by atoms with Gasteiger partial charge in [-0.05, 0) is 27.4 Å². The van der Waals surface area contributed by atoms with Crippen LogP contribution in [0.4, 0.5) is 0 Å². The van der Waals surface area contributed by atoms with E-state index in [0.29, 0.717) is 0 Å². The highest BCUT2D eigenvalue weighted by Gasteiger charge is 2.01. The monoisotopic (exact) mass is 263 g/mol. The van der Waals surface area contributed by atoms with Gasteiger partial charge in [0.2, 0.25) is 0 Å². The lowest BCUT2D eigenvalue weighted by molar-refractivity contribution is 1.27. The van der Waals surface area contributed by atoms with Gasteiger partial charge < -0.3 is 4.98 Å². The first kappa shape index (κ1) is 9.83. The average molecular weight is 264 g/mol. The van der Waals surface area contributed by atoms with Crippen molar-refractivity contribution in [2.24, 2.45) is 0 Å². The molecule has 0 unspecified atom stereocenters. The highest BCUT2D eigenvalue weighted by molar-refractivity contribution is 9.10. The van der Waals surface area contributed by atoms with E-state index < -0.39 is 0 Å². The maximum Gasteiger partial charge on any atom is 0.256 e. The van der Waals surface area contributed by atoms with Crippen molar-refractivity contribution in [2.45, 2.75) is 0 Å². The third-order valence-corrected chi connectivity index (χ3v) is 3.29. The maximum atomic E-state index is 11.1. The Bertz CT molecular complexity index is 448. The fraction of sp³-hybridized carbons (Fsp3) is 0. The fourth-order valence-corrected chi connectivity index (χ4v) is 2.35. The van der Waals surface area contributed by atoms with Gasteiger partial charge in [0.25, 0.3) is 5.56 Å². The molecule has 0 aliphatic carbocycles. The summed E-state index contributed by atoms with van der Waals surface area (Å²) in [7, 11) is 0. The van der Waals surface area contributed by atoms with Crippen molar-refractivity contribution in [1.29, 1.82) is 0 Å². The zero-order chi connectivity index (χ0) is 7.84. The van der Waals surface area contributed by atoms with Crippen LogP contribution >= 0.6 is 40.8 Å². The zero-order valence-corrected chi connectivity index (χ0v) is 9.33. The molecule has 5 heteroatoms.